The Kier molecular flexibility index (Phi) is 1.66. The molecular formula is C6H4N4O2S. The minimum atomic E-state index is -1.16. The molecular weight excluding hydrogens is 192 g/mol. The largest absolute Gasteiger partial charge is 0.475 e. The minimum absolute atomic E-state index is 0.194. The summed E-state index contributed by atoms with van der Waals surface area (Å²) < 4.78 is 1.14. The molecule has 6 nitrogen and oxygen atoms in total. The third-order valence-corrected chi connectivity index (χ3v) is 1.69. The highest BCUT2D eigenvalue weighted by Gasteiger charge is 2.12. The number of carbonyl (C=O) groups is 1. The first-order chi connectivity index (χ1) is 6.18. The van der Waals surface area contributed by atoms with Crippen molar-refractivity contribution in [3.05, 3.63) is 18.1 Å². The number of carboxylic acids is 1. The quantitative estimate of drug-likeness (QED) is 0.500. The topological polar surface area (TPSA) is 80.4 Å². The highest BCUT2D eigenvalue weighted by Crippen LogP contribution is 2.08. The maximum absolute atomic E-state index is 10.7. The number of aromatic nitrogens is 4. The highest BCUT2D eigenvalue weighted by molar-refractivity contribution is 7.80. The van der Waals surface area contributed by atoms with Crippen LogP contribution in [0.4, 0.5) is 0 Å². The van der Waals surface area contributed by atoms with Crippen molar-refractivity contribution in [2.75, 3.05) is 0 Å². The lowest BCUT2D eigenvalue weighted by molar-refractivity contribution is 0.0679. The number of thiol groups is 1. The first-order valence-electron chi connectivity index (χ1n) is 3.32. The number of hydrogen-bond acceptors (Lipinski definition) is 5. The van der Waals surface area contributed by atoms with Gasteiger partial charge < -0.3 is 5.11 Å². The monoisotopic (exact) mass is 196 g/mol. The fourth-order valence-corrected chi connectivity index (χ4v) is 1.19. The van der Waals surface area contributed by atoms with Crippen molar-refractivity contribution in [3.8, 4) is 0 Å². The zero-order valence-corrected chi connectivity index (χ0v) is 7.14. The van der Waals surface area contributed by atoms with Crippen molar-refractivity contribution in [1.29, 1.82) is 0 Å². The molecule has 0 bridgehead atoms. The Labute approximate surface area is 77.6 Å². The van der Waals surface area contributed by atoms with Crippen LogP contribution in [-0.2, 0) is 0 Å². The average molecular weight is 196 g/mol. The number of fused-ring (bicyclic) bond motifs is 1. The molecule has 2 rings (SSSR count). The molecule has 0 aliphatic heterocycles. The zero-order chi connectivity index (χ0) is 9.42. The Bertz CT molecular complexity index is 480. The molecule has 0 saturated heterocycles. The van der Waals surface area contributed by atoms with Crippen LogP contribution in [0.15, 0.2) is 17.3 Å². The number of carboxylic acid groups (broad SMARTS) is 1. The predicted octanol–water partition coefficient (Wildman–Crippen LogP) is 0.111. The molecule has 0 aliphatic rings. The molecule has 0 spiro atoms. The number of hydrogen-bond donors (Lipinski definition) is 2. The molecule has 13 heavy (non-hydrogen) atoms. The second-order valence-corrected chi connectivity index (χ2v) is 2.77. The molecule has 0 radical (unpaired) electrons. The van der Waals surface area contributed by atoms with Crippen molar-refractivity contribution >= 4 is 24.1 Å². The summed E-state index contributed by atoms with van der Waals surface area (Å²) in [4.78, 5) is 14.4. The average Bonchev–Trinajstić information content (AvgIpc) is 2.49. The van der Waals surface area contributed by atoms with Crippen molar-refractivity contribution in [2.24, 2.45) is 0 Å². The molecule has 0 amide bonds. The Morgan fingerprint density at radius 2 is 2.38 bits per heavy atom. The molecule has 0 saturated carbocycles. The van der Waals surface area contributed by atoms with Crippen molar-refractivity contribution in [2.45, 2.75) is 5.03 Å². The Morgan fingerprint density at radius 1 is 1.62 bits per heavy atom. The van der Waals surface area contributed by atoms with E-state index >= 15 is 0 Å². The van der Waals surface area contributed by atoms with Crippen molar-refractivity contribution in [1.82, 2.24) is 19.8 Å². The smallest absolute Gasteiger partial charge is 0.374 e. The van der Waals surface area contributed by atoms with Crippen LogP contribution in [0, 0.1) is 0 Å². The molecule has 66 valence electrons. The normalized spacial score (nSPS) is 10.5. The van der Waals surface area contributed by atoms with Crippen LogP contribution in [0.3, 0.4) is 0 Å². The molecule has 0 fully saturated rings. The molecule has 0 atom stereocenters. The van der Waals surface area contributed by atoms with Gasteiger partial charge >= 0.3 is 5.97 Å². The maximum Gasteiger partial charge on any atom is 0.374 e. The summed E-state index contributed by atoms with van der Waals surface area (Å²) in [6, 6.07) is 1.58. The van der Waals surface area contributed by atoms with Gasteiger partial charge in [0.25, 0.3) is 0 Å². The first-order valence-corrected chi connectivity index (χ1v) is 3.77. The van der Waals surface area contributed by atoms with E-state index in [1.807, 2.05) is 0 Å². The van der Waals surface area contributed by atoms with Gasteiger partial charge in [0.15, 0.2) is 0 Å². The van der Waals surface area contributed by atoms with Gasteiger partial charge in [0.2, 0.25) is 5.82 Å². The van der Waals surface area contributed by atoms with Crippen LogP contribution >= 0.6 is 12.6 Å². The summed E-state index contributed by atoms with van der Waals surface area (Å²) in [5.41, 5.74) is 0.553. The fraction of sp³-hybridized carbons (Fsp3) is 0. The molecule has 1 N–H and O–H groups in total. The van der Waals surface area contributed by atoms with Crippen LogP contribution in [0.25, 0.3) is 5.52 Å². The van der Waals surface area contributed by atoms with Gasteiger partial charge in [-0.1, -0.05) is 5.21 Å². The summed E-state index contributed by atoms with van der Waals surface area (Å²) in [5, 5.41) is 16.2. The third-order valence-electron chi connectivity index (χ3n) is 1.47. The zero-order valence-electron chi connectivity index (χ0n) is 6.25. The summed E-state index contributed by atoms with van der Waals surface area (Å²) in [5.74, 6) is -1.36. The van der Waals surface area contributed by atoms with Gasteiger partial charge in [0, 0.05) is 0 Å². The van der Waals surface area contributed by atoms with Crippen LogP contribution in [0.5, 0.6) is 0 Å². The van der Waals surface area contributed by atoms with Gasteiger partial charge in [-0.2, -0.15) is 4.52 Å². The Balaban J connectivity index is 2.84. The van der Waals surface area contributed by atoms with E-state index in [1.54, 1.807) is 6.07 Å². The van der Waals surface area contributed by atoms with E-state index in [0.717, 1.165) is 4.52 Å². The van der Waals surface area contributed by atoms with Crippen LogP contribution < -0.4 is 0 Å². The number of rotatable bonds is 1. The van der Waals surface area contributed by atoms with E-state index < -0.39 is 5.97 Å². The molecule has 0 aliphatic carbocycles. The minimum Gasteiger partial charge on any atom is -0.475 e. The molecule has 0 unspecified atom stereocenters. The fourth-order valence-electron chi connectivity index (χ4n) is 0.965. The van der Waals surface area contributed by atoms with Crippen LogP contribution in [0.1, 0.15) is 10.6 Å². The Hall–Kier alpha value is -1.63. The van der Waals surface area contributed by atoms with Gasteiger partial charge in [-0.15, -0.1) is 17.7 Å². The van der Waals surface area contributed by atoms with E-state index in [4.69, 9.17) is 5.11 Å². The predicted molar refractivity (Wildman–Crippen MR) is 45.0 cm³/mol. The van der Waals surface area contributed by atoms with E-state index in [2.05, 4.69) is 27.9 Å². The Morgan fingerprint density at radius 3 is 3.08 bits per heavy atom. The number of nitrogens with zero attached hydrogens (tertiary/aromatic N) is 4. The van der Waals surface area contributed by atoms with Crippen molar-refractivity contribution in [3.63, 3.8) is 0 Å². The van der Waals surface area contributed by atoms with Gasteiger partial charge in [0.1, 0.15) is 0 Å². The van der Waals surface area contributed by atoms with E-state index in [0.29, 0.717) is 10.5 Å². The first kappa shape index (κ1) is 7.99. The van der Waals surface area contributed by atoms with E-state index in [9.17, 15) is 4.79 Å². The van der Waals surface area contributed by atoms with Gasteiger partial charge in [0.05, 0.1) is 16.7 Å². The van der Waals surface area contributed by atoms with Gasteiger partial charge in [-0.05, 0) is 6.07 Å². The van der Waals surface area contributed by atoms with Crippen molar-refractivity contribution < 1.29 is 9.90 Å². The third kappa shape index (κ3) is 1.22. The number of aromatic carboxylic acids is 1. The van der Waals surface area contributed by atoms with Gasteiger partial charge in [-0.3, -0.25) is 0 Å². The summed E-state index contributed by atoms with van der Waals surface area (Å²) in [6.07, 6.45) is 1.44. The second-order valence-electron chi connectivity index (χ2n) is 2.31. The summed E-state index contributed by atoms with van der Waals surface area (Å²) in [7, 11) is 0. The maximum atomic E-state index is 10.7. The molecule has 7 heteroatoms. The standard InChI is InChI=1S/C6H4N4O2S/c11-6(12)5-8-4(13)1-3-2-7-9-10(3)5/h1-2,13H,(H,11,12). The second kappa shape index (κ2) is 2.70. The van der Waals surface area contributed by atoms with Gasteiger partial charge in [-0.25, -0.2) is 9.78 Å². The SMILES string of the molecule is O=C(O)c1nc(S)cc2cnnn12. The molecule has 2 aromatic rings. The lowest BCUT2D eigenvalue weighted by Gasteiger charge is -1.98. The summed E-state index contributed by atoms with van der Waals surface area (Å²) >= 11 is 3.96. The van der Waals surface area contributed by atoms with Crippen LogP contribution in [0.2, 0.25) is 0 Å². The highest BCUT2D eigenvalue weighted by atomic mass is 32.1. The van der Waals surface area contributed by atoms with E-state index in [-0.39, 0.29) is 5.82 Å². The lowest BCUT2D eigenvalue weighted by Crippen LogP contribution is -2.09. The van der Waals surface area contributed by atoms with Crippen LogP contribution in [-0.4, -0.2) is 30.9 Å². The van der Waals surface area contributed by atoms with E-state index in [1.165, 1.54) is 6.20 Å². The molecule has 0 aromatic carbocycles. The lowest BCUT2D eigenvalue weighted by atomic mass is 10.5. The molecule has 2 heterocycles. The summed E-state index contributed by atoms with van der Waals surface area (Å²) in [6.45, 7) is 0. The molecule has 2 aromatic heterocycles.